The van der Waals surface area contributed by atoms with Gasteiger partial charge in [0.15, 0.2) is 6.10 Å². The van der Waals surface area contributed by atoms with Crippen LogP contribution in [0.4, 0.5) is 0 Å². The van der Waals surface area contributed by atoms with Crippen molar-refractivity contribution in [3.05, 3.63) is 60.8 Å². The van der Waals surface area contributed by atoms with E-state index in [9.17, 15) is 14.4 Å². The Labute approximate surface area is 472 Å². The molecule has 0 aromatic heterocycles. The van der Waals surface area contributed by atoms with E-state index >= 15 is 0 Å². The highest BCUT2D eigenvalue weighted by molar-refractivity contribution is 5.71. The van der Waals surface area contributed by atoms with E-state index in [1.54, 1.807) is 0 Å². The zero-order valence-corrected chi connectivity index (χ0v) is 50.8. The first-order valence-electron chi connectivity index (χ1n) is 33.3. The van der Waals surface area contributed by atoms with Crippen LogP contribution in [0.15, 0.2) is 60.8 Å². The second-order valence-corrected chi connectivity index (χ2v) is 22.4. The van der Waals surface area contributed by atoms with E-state index in [2.05, 4.69) is 81.5 Å². The average Bonchev–Trinajstić information content (AvgIpc) is 3.42. The largest absolute Gasteiger partial charge is 0.462 e. The molecule has 0 amide bonds. The summed E-state index contributed by atoms with van der Waals surface area (Å²) in [5, 5.41) is 0. The Kier molecular flexibility index (Phi) is 62.2. The van der Waals surface area contributed by atoms with Crippen LogP contribution in [-0.4, -0.2) is 37.2 Å². The Morgan fingerprint density at radius 2 is 0.513 bits per heavy atom. The van der Waals surface area contributed by atoms with Crippen molar-refractivity contribution in [2.24, 2.45) is 0 Å². The van der Waals surface area contributed by atoms with Crippen LogP contribution in [0.3, 0.4) is 0 Å². The Hall–Kier alpha value is -2.89. The van der Waals surface area contributed by atoms with Crippen LogP contribution in [-0.2, 0) is 28.6 Å². The third-order valence-corrected chi connectivity index (χ3v) is 14.8. The topological polar surface area (TPSA) is 78.9 Å². The van der Waals surface area contributed by atoms with Gasteiger partial charge >= 0.3 is 17.9 Å². The maximum Gasteiger partial charge on any atom is 0.306 e. The van der Waals surface area contributed by atoms with Crippen LogP contribution >= 0.6 is 0 Å². The fourth-order valence-corrected chi connectivity index (χ4v) is 9.83. The van der Waals surface area contributed by atoms with Gasteiger partial charge < -0.3 is 14.2 Å². The fourth-order valence-electron chi connectivity index (χ4n) is 9.83. The molecule has 0 aliphatic carbocycles. The molecule has 0 saturated heterocycles. The molecule has 0 N–H and O–H groups in total. The van der Waals surface area contributed by atoms with E-state index in [-0.39, 0.29) is 31.1 Å². The van der Waals surface area contributed by atoms with E-state index in [1.807, 2.05) is 0 Å². The number of hydrogen-bond donors (Lipinski definition) is 0. The molecule has 0 aromatic carbocycles. The summed E-state index contributed by atoms with van der Waals surface area (Å²) in [7, 11) is 0. The molecule has 1 atom stereocenters. The Morgan fingerprint density at radius 3 is 0.803 bits per heavy atom. The number of allylic oxidation sites excluding steroid dienone is 10. The molecule has 6 nitrogen and oxygen atoms in total. The minimum absolute atomic E-state index is 0.0684. The molecule has 0 spiro atoms. The fraction of sp³-hybridized carbons (Fsp3) is 0.814. The zero-order chi connectivity index (χ0) is 55.0. The molecule has 0 aliphatic rings. The van der Waals surface area contributed by atoms with Gasteiger partial charge in [0.05, 0.1) is 0 Å². The number of rotatable bonds is 61. The van der Waals surface area contributed by atoms with Crippen molar-refractivity contribution < 1.29 is 28.6 Å². The van der Waals surface area contributed by atoms with Gasteiger partial charge in [0.25, 0.3) is 0 Å². The average molecular weight is 1060 g/mol. The van der Waals surface area contributed by atoms with Gasteiger partial charge in [-0.2, -0.15) is 0 Å². The van der Waals surface area contributed by atoms with E-state index < -0.39 is 6.10 Å². The lowest BCUT2D eigenvalue weighted by molar-refractivity contribution is -0.167. The SMILES string of the molecule is CC/C=C\C/C=C\C/C=C\C/C=C\C/C=C\CCCCCCCCCCCCCCCCCC(=O)OCC(COC(=O)CCCCCCCCC)OC(=O)CCCCCCCCCCCCCCCCCCCCCC. The molecular weight excluding hydrogens is 937 g/mol. The molecular formula is C70H126O6. The predicted molar refractivity (Wildman–Crippen MR) is 330 cm³/mol. The minimum Gasteiger partial charge on any atom is -0.462 e. The van der Waals surface area contributed by atoms with Crippen molar-refractivity contribution in [2.45, 2.75) is 354 Å². The molecule has 0 aliphatic heterocycles. The van der Waals surface area contributed by atoms with Gasteiger partial charge in [-0.25, -0.2) is 0 Å². The van der Waals surface area contributed by atoms with Gasteiger partial charge in [0.2, 0.25) is 0 Å². The van der Waals surface area contributed by atoms with Crippen molar-refractivity contribution in [3.63, 3.8) is 0 Å². The number of hydrogen-bond acceptors (Lipinski definition) is 6. The zero-order valence-electron chi connectivity index (χ0n) is 50.8. The summed E-state index contributed by atoms with van der Waals surface area (Å²) >= 11 is 0. The summed E-state index contributed by atoms with van der Waals surface area (Å²) < 4.78 is 16.9. The first-order valence-corrected chi connectivity index (χ1v) is 33.3. The number of carbonyl (C=O) groups excluding carboxylic acids is 3. The summed E-state index contributed by atoms with van der Waals surface area (Å²) in [5.41, 5.74) is 0. The molecule has 442 valence electrons. The van der Waals surface area contributed by atoms with Crippen LogP contribution in [0.2, 0.25) is 0 Å². The summed E-state index contributed by atoms with van der Waals surface area (Å²) in [6.07, 6.45) is 82.7. The lowest BCUT2D eigenvalue weighted by Gasteiger charge is -2.18. The highest BCUT2D eigenvalue weighted by atomic mass is 16.6. The minimum atomic E-state index is -0.768. The second kappa shape index (κ2) is 64.6. The number of carbonyl (C=O) groups is 3. The Morgan fingerprint density at radius 1 is 0.276 bits per heavy atom. The van der Waals surface area contributed by atoms with Crippen LogP contribution in [0, 0.1) is 0 Å². The van der Waals surface area contributed by atoms with Gasteiger partial charge in [0, 0.05) is 19.3 Å². The second-order valence-electron chi connectivity index (χ2n) is 22.4. The summed E-state index contributed by atoms with van der Waals surface area (Å²) in [4.78, 5) is 38.1. The third kappa shape index (κ3) is 62.0. The molecule has 0 aromatic rings. The van der Waals surface area contributed by atoms with Gasteiger partial charge in [-0.1, -0.05) is 326 Å². The van der Waals surface area contributed by atoms with Crippen LogP contribution in [0.5, 0.6) is 0 Å². The van der Waals surface area contributed by atoms with Crippen LogP contribution < -0.4 is 0 Å². The first-order chi connectivity index (χ1) is 37.5. The molecule has 0 radical (unpaired) electrons. The van der Waals surface area contributed by atoms with E-state index in [1.165, 1.54) is 218 Å². The molecule has 0 bridgehead atoms. The third-order valence-electron chi connectivity index (χ3n) is 14.8. The molecule has 0 rings (SSSR count). The van der Waals surface area contributed by atoms with Gasteiger partial charge in [-0.15, -0.1) is 0 Å². The van der Waals surface area contributed by atoms with Crippen molar-refractivity contribution >= 4 is 17.9 Å². The standard InChI is InChI=1S/C70H126O6/c1-4-7-10-13-16-18-20-22-24-26-28-30-31-32-33-34-35-36-37-38-39-40-42-43-45-47-49-51-54-57-60-63-69(72)75-66-67(65-74-68(71)62-59-56-53-15-12-9-6-3)76-70(73)64-61-58-55-52-50-48-46-44-41-29-27-25-23-21-19-17-14-11-8-5-2/h7,10,16,18,22,24,28,30,32-33,67H,4-6,8-9,11-15,17,19-21,23,25-27,29,31,34-66H2,1-3H3/b10-7-,18-16-,24-22-,30-28-,33-32-. The monoisotopic (exact) mass is 1060 g/mol. The Bertz CT molecular complexity index is 1360. The van der Waals surface area contributed by atoms with E-state index in [0.29, 0.717) is 19.3 Å². The highest BCUT2D eigenvalue weighted by Gasteiger charge is 2.19. The maximum absolute atomic E-state index is 12.9. The summed E-state index contributed by atoms with van der Waals surface area (Å²) in [5.74, 6) is -0.854. The number of unbranched alkanes of at least 4 members (excludes halogenated alkanes) is 40. The van der Waals surface area contributed by atoms with Crippen molar-refractivity contribution in [1.82, 2.24) is 0 Å². The highest BCUT2D eigenvalue weighted by Crippen LogP contribution is 2.18. The lowest BCUT2D eigenvalue weighted by Crippen LogP contribution is -2.30. The molecule has 6 heteroatoms. The van der Waals surface area contributed by atoms with Gasteiger partial charge in [-0.3, -0.25) is 14.4 Å². The molecule has 0 saturated carbocycles. The van der Waals surface area contributed by atoms with E-state index in [4.69, 9.17) is 14.2 Å². The van der Waals surface area contributed by atoms with Crippen molar-refractivity contribution in [3.8, 4) is 0 Å². The molecule has 1 unspecified atom stereocenters. The summed E-state index contributed by atoms with van der Waals surface area (Å²) in [6.45, 7) is 6.54. The molecule has 0 heterocycles. The maximum atomic E-state index is 12.9. The molecule has 0 fully saturated rings. The Balaban J connectivity index is 4.04. The quantitative estimate of drug-likeness (QED) is 0.0261. The van der Waals surface area contributed by atoms with Crippen molar-refractivity contribution in [2.75, 3.05) is 13.2 Å². The lowest BCUT2D eigenvalue weighted by atomic mass is 10.0. The number of esters is 3. The van der Waals surface area contributed by atoms with Crippen LogP contribution in [0.1, 0.15) is 348 Å². The van der Waals surface area contributed by atoms with Crippen LogP contribution in [0.25, 0.3) is 0 Å². The predicted octanol–water partition coefficient (Wildman–Crippen LogP) is 22.7. The van der Waals surface area contributed by atoms with Crippen molar-refractivity contribution in [1.29, 1.82) is 0 Å². The smallest absolute Gasteiger partial charge is 0.306 e. The van der Waals surface area contributed by atoms with E-state index in [0.717, 1.165) is 89.9 Å². The normalized spacial score (nSPS) is 12.4. The molecule has 76 heavy (non-hydrogen) atoms. The number of ether oxygens (including phenoxy) is 3. The van der Waals surface area contributed by atoms with Gasteiger partial charge in [0.1, 0.15) is 13.2 Å². The van der Waals surface area contributed by atoms with Gasteiger partial charge in [-0.05, 0) is 64.2 Å². The summed E-state index contributed by atoms with van der Waals surface area (Å²) in [6, 6.07) is 0. The first kappa shape index (κ1) is 73.1.